The Morgan fingerprint density at radius 1 is 1.43 bits per heavy atom. The Bertz CT molecular complexity index is 277. The minimum atomic E-state index is 0.721. The molecule has 78 valence electrons. The summed E-state index contributed by atoms with van der Waals surface area (Å²) in [4.78, 5) is 2.87. The van der Waals surface area contributed by atoms with Crippen LogP contribution in [0.2, 0.25) is 0 Å². The number of piperidine rings is 1. The molecule has 0 radical (unpaired) electrons. The average molecular weight is 210 g/mol. The molecular formula is C11H18N2S. The van der Waals surface area contributed by atoms with Crippen molar-refractivity contribution in [2.24, 2.45) is 0 Å². The van der Waals surface area contributed by atoms with Gasteiger partial charge in [0.2, 0.25) is 0 Å². The van der Waals surface area contributed by atoms with Gasteiger partial charge >= 0.3 is 0 Å². The first-order valence-corrected chi connectivity index (χ1v) is 6.15. The highest BCUT2D eigenvalue weighted by atomic mass is 32.1. The molecule has 3 heteroatoms. The molecule has 1 saturated heterocycles. The molecule has 0 amide bonds. The first-order chi connectivity index (χ1) is 6.84. The van der Waals surface area contributed by atoms with Crippen LogP contribution in [0.5, 0.6) is 0 Å². The normalized spacial score (nSPS) is 18.6. The van der Waals surface area contributed by atoms with Gasteiger partial charge < -0.3 is 10.6 Å². The molecule has 0 saturated carbocycles. The quantitative estimate of drug-likeness (QED) is 0.796. The molecule has 0 aliphatic carbocycles. The summed E-state index contributed by atoms with van der Waals surface area (Å²) in [5, 5.41) is 7.00. The second-order valence-corrected chi connectivity index (χ2v) is 5.29. The topological polar surface area (TPSA) is 24.1 Å². The fourth-order valence-corrected chi connectivity index (χ4v) is 2.69. The van der Waals surface area contributed by atoms with Gasteiger partial charge in [0.25, 0.3) is 0 Å². The van der Waals surface area contributed by atoms with Gasteiger partial charge in [0.15, 0.2) is 0 Å². The molecule has 1 aromatic rings. The highest BCUT2D eigenvalue weighted by Gasteiger charge is 2.11. The summed E-state index contributed by atoms with van der Waals surface area (Å²) in [5.41, 5.74) is 0. The SMILES string of the molecule is Cc1ccc(CNC2CCNCC2)s1. The molecule has 2 nitrogen and oxygen atoms in total. The molecule has 0 aromatic carbocycles. The van der Waals surface area contributed by atoms with E-state index in [1.54, 1.807) is 0 Å². The van der Waals surface area contributed by atoms with E-state index >= 15 is 0 Å². The van der Waals surface area contributed by atoms with Crippen LogP contribution in [0.3, 0.4) is 0 Å². The third kappa shape index (κ3) is 2.80. The van der Waals surface area contributed by atoms with Crippen LogP contribution in [0, 0.1) is 6.92 Å². The van der Waals surface area contributed by atoms with E-state index in [9.17, 15) is 0 Å². The van der Waals surface area contributed by atoms with Crippen LogP contribution >= 0.6 is 11.3 Å². The third-order valence-electron chi connectivity index (χ3n) is 2.70. The van der Waals surface area contributed by atoms with Gasteiger partial charge in [-0.05, 0) is 45.0 Å². The first kappa shape index (κ1) is 10.1. The fourth-order valence-electron chi connectivity index (χ4n) is 1.85. The predicted molar refractivity (Wildman–Crippen MR) is 61.8 cm³/mol. The largest absolute Gasteiger partial charge is 0.317 e. The smallest absolute Gasteiger partial charge is 0.0302 e. The maximum Gasteiger partial charge on any atom is 0.0302 e. The molecule has 0 bridgehead atoms. The monoisotopic (exact) mass is 210 g/mol. The van der Waals surface area contributed by atoms with Crippen LogP contribution in [0.4, 0.5) is 0 Å². The van der Waals surface area contributed by atoms with Crippen molar-refractivity contribution in [3.63, 3.8) is 0 Å². The summed E-state index contributed by atoms with van der Waals surface area (Å²) >= 11 is 1.90. The van der Waals surface area contributed by atoms with E-state index in [0.29, 0.717) is 0 Å². The van der Waals surface area contributed by atoms with Gasteiger partial charge in [0.05, 0.1) is 0 Å². The van der Waals surface area contributed by atoms with Crippen molar-refractivity contribution >= 4 is 11.3 Å². The maximum absolute atomic E-state index is 3.62. The van der Waals surface area contributed by atoms with Crippen molar-refractivity contribution in [1.29, 1.82) is 0 Å². The fraction of sp³-hybridized carbons (Fsp3) is 0.636. The number of rotatable bonds is 3. The van der Waals surface area contributed by atoms with Crippen LogP contribution in [-0.4, -0.2) is 19.1 Å². The summed E-state index contributed by atoms with van der Waals surface area (Å²) in [5.74, 6) is 0. The minimum absolute atomic E-state index is 0.721. The maximum atomic E-state index is 3.62. The predicted octanol–water partition coefficient (Wildman–Crippen LogP) is 1.90. The zero-order chi connectivity index (χ0) is 9.80. The number of thiophene rings is 1. The van der Waals surface area contributed by atoms with Crippen LogP contribution < -0.4 is 10.6 Å². The van der Waals surface area contributed by atoms with Crippen molar-refractivity contribution in [2.75, 3.05) is 13.1 Å². The van der Waals surface area contributed by atoms with Gasteiger partial charge in [-0.1, -0.05) is 0 Å². The minimum Gasteiger partial charge on any atom is -0.317 e. The third-order valence-corrected chi connectivity index (χ3v) is 3.70. The van der Waals surface area contributed by atoms with E-state index < -0.39 is 0 Å². The van der Waals surface area contributed by atoms with Crippen LogP contribution in [-0.2, 0) is 6.54 Å². The number of hydrogen-bond acceptors (Lipinski definition) is 3. The number of aryl methyl sites for hydroxylation is 1. The van der Waals surface area contributed by atoms with E-state index in [-0.39, 0.29) is 0 Å². The van der Waals surface area contributed by atoms with Gasteiger partial charge in [0, 0.05) is 22.3 Å². The summed E-state index contributed by atoms with van der Waals surface area (Å²) in [7, 11) is 0. The highest BCUT2D eigenvalue weighted by molar-refractivity contribution is 7.11. The summed E-state index contributed by atoms with van der Waals surface area (Å²) < 4.78 is 0. The lowest BCUT2D eigenvalue weighted by molar-refractivity contribution is 0.387. The summed E-state index contributed by atoms with van der Waals surface area (Å²) in [6.07, 6.45) is 2.54. The Morgan fingerprint density at radius 2 is 2.21 bits per heavy atom. The van der Waals surface area contributed by atoms with Crippen molar-refractivity contribution in [3.05, 3.63) is 21.9 Å². The molecule has 1 aliphatic rings. The second-order valence-electron chi connectivity index (χ2n) is 3.92. The van der Waals surface area contributed by atoms with E-state index in [0.717, 1.165) is 12.6 Å². The van der Waals surface area contributed by atoms with Crippen molar-refractivity contribution in [1.82, 2.24) is 10.6 Å². The van der Waals surface area contributed by atoms with Crippen LogP contribution in [0.25, 0.3) is 0 Å². The second kappa shape index (κ2) is 4.91. The molecule has 2 N–H and O–H groups in total. The Kier molecular flexibility index (Phi) is 3.56. The van der Waals surface area contributed by atoms with Crippen molar-refractivity contribution in [2.45, 2.75) is 32.4 Å². The molecule has 0 spiro atoms. The van der Waals surface area contributed by atoms with Gasteiger partial charge in [-0.2, -0.15) is 0 Å². The van der Waals surface area contributed by atoms with Crippen LogP contribution in [0.15, 0.2) is 12.1 Å². The molecule has 2 rings (SSSR count). The Balaban J connectivity index is 1.76. The first-order valence-electron chi connectivity index (χ1n) is 5.34. The Hall–Kier alpha value is -0.380. The van der Waals surface area contributed by atoms with Gasteiger partial charge in [-0.25, -0.2) is 0 Å². The lowest BCUT2D eigenvalue weighted by Gasteiger charge is -2.23. The molecule has 1 aromatic heterocycles. The number of nitrogens with one attached hydrogen (secondary N) is 2. The average Bonchev–Trinajstić information content (AvgIpc) is 2.63. The molecule has 1 aliphatic heterocycles. The van der Waals surface area contributed by atoms with Crippen molar-refractivity contribution < 1.29 is 0 Å². The molecule has 14 heavy (non-hydrogen) atoms. The zero-order valence-electron chi connectivity index (χ0n) is 8.68. The number of hydrogen-bond donors (Lipinski definition) is 2. The molecule has 2 heterocycles. The lowest BCUT2D eigenvalue weighted by atomic mass is 10.1. The van der Waals surface area contributed by atoms with Gasteiger partial charge in [0.1, 0.15) is 0 Å². The molecule has 0 unspecified atom stereocenters. The summed E-state index contributed by atoms with van der Waals surface area (Å²) in [6, 6.07) is 5.15. The van der Waals surface area contributed by atoms with E-state index in [2.05, 4.69) is 29.7 Å². The van der Waals surface area contributed by atoms with Gasteiger partial charge in [-0.15, -0.1) is 11.3 Å². The Labute approximate surface area is 89.7 Å². The summed E-state index contributed by atoms with van der Waals surface area (Å²) in [6.45, 7) is 5.55. The highest BCUT2D eigenvalue weighted by Crippen LogP contribution is 2.15. The lowest BCUT2D eigenvalue weighted by Crippen LogP contribution is -2.39. The van der Waals surface area contributed by atoms with E-state index in [1.165, 1.54) is 35.7 Å². The zero-order valence-corrected chi connectivity index (χ0v) is 9.49. The molecule has 1 fully saturated rings. The van der Waals surface area contributed by atoms with Crippen LogP contribution in [0.1, 0.15) is 22.6 Å². The molecule has 0 atom stereocenters. The molecular weight excluding hydrogens is 192 g/mol. The standard InChI is InChI=1S/C11H18N2S/c1-9-2-3-11(14-9)8-13-10-4-6-12-7-5-10/h2-3,10,12-13H,4-8H2,1H3. The van der Waals surface area contributed by atoms with Crippen molar-refractivity contribution in [3.8, 4) is 0 Å². The van der Waals surface area contributed by atoms with E-state index in [1.807, 2.05) is 11.3 Å². The van der Waals surface area contributed by atoms with Gasteiger partial charge in [-0.3, -0.25) is 0 Å². The Morgan fingerprint density at radius 3 is 2.86 bits per heavy atom. The van der Waals surface area contributed by atoms with E-state index in [4.69, 9.17) is 0 Å².